The van der Waals surface area contributed by atoms with E-state index < -0.39 is 34.3 Å². The molecule has 4 rings (SSSR count). The first-order valence-electron chi connectivity index (χ1n) is 10.7. The molecule has 198 valence electrons. The van der Waals surface area contributed by atoms with E-state index >= 15 is 0 Å². The monoisotopic (exact) mass is 575 g/mol. The van der Waals surface area contributed by atoms with Crippen LogP contribution >= 0.6 is 22.7 Å². The number of methoxy groups -OCH3 is 2. The summed E-state index contributed by atoms with van der Waals surface area (Å²) in [6.07, 6.45) is 0. The summed E-state index contributed by atoms with van der Waals surface area (Å²) in [4.78, 5) is 29.2. The van der Waals surface area contributed by atoms with E-state index in [9.17, 15) is 23.1 Å². The number of anilines is 2. The van der Waals surface area contributed by atoms with E-state index in [0.717, 1.165) is 29.0 Å². The van der Waals surface area contributed by atoms with Crippen molar-refractivity contribution in [3.8, 4) is 28.5 Å². The third-order valence-corrected chi connectivity index (χ3v) is 8.53. The summed E-state index contributed by atoms with van der Waals surface area (Å²) < 4.78 is 42.8. The lowest BCUT2D eigenvalue weighted by molar-refractivity contribution is -0.119. The summed E-state index contributed by atoms with van der Waals surface area (Å²) in [7, 11) is -0.802. The topological polar surface area (TPSA) is 153 Å². The highest BCUT2D eigenvalue weighted by molar-refractivity contribution is 7.94. The molecule has 0 spiro atoms. The number of thiophene rings is 1. The van der Waals surface area contributed by atoms with Gasteiger partial charge in [0.1, 0.15) is 15.5 Å². The second kappa shape index (κ2) is 11.5. The van der Waals surface area contributed by atoms with E-state index in [1.54, 1.807) is 35.0 Å². The standard InChI is InChI=1S/C24H21N3O8S3/c1-33-19-8-5-14(10-20(19)34-2)17-13-37-24(25-17)26-21(29)12-35-23(30)16-11-15(6-7-18(16)28)27-38(31,32)22-4-3-9-36-22/h3-11,13,27-28H,12H2,1-2H3,(H,25,26,29). The van der Waals surface area contributed by atoms with Gasteiger partial charge in [-0.1, -0.05) is 6.07 Å². The fraction of sp³-hybridized carbons (Fsp3) is 0.125. The van der Waals surface area contributed by atoms with E-state index in [0.29, 0.717) is 17.2 Å². The number of phenols is 1. The number of aromatic hydroxyl groups is 1. The lowest BCUT2D eigenvalue weighted by Crippen LogP contribution is -2.21. The fourth-order valence-electron chi connectivity index (χ4n) is 3.21. The Morgan fingerprint density at radius 3 is 2.53 bits per heavy atom. The molecule has 0 bridgehead atoms. The molecule has 2 heterocycles. The Kier molecular flexibility index (Phi) is 8.14. The van der Waals surface area contributed by atoms with Crippen LogP contribution in [0, 0.1) is 0 Å². The highest BCUT2D eigenvalue weighted by Crippen LogP contribution is 2.33. The van der Waals surface area contributed by atoms with E-state index in [4.69, 9.17) is 14.2 Å². The number of ether oxygens (including phenoxy) is 3. The van der Waals surface area contributed by atoms with Gasteiger partial charge in [0.15, 0.2) is 23.2 Å². The summed E-state index contributed by atoms with van der Waals surface area (Å²) in [6, 6.07) is 11.9. The minimum absolute atomic E-state index is 0.0399. The van der Waals surface area contributed by atoms with Crippen LogP contribution in [0.3, 0.4) is 0 Å². The summed E-state index contributed by atoms with van der Waals surface area (Å²) in [5.41, 5.74) is 1.07. The first-order chi connectivity index (χ1) is 18.2. The Morgan fingerprint density at radius 1 is 1.03 bits per heavy atom. The summed E-state index contributed by atoms with van der Waals surface area (Å²) in [5.74, 6) is -1.00. The number of esters is 1. The second-order valence-electron chi connectivity index (χ2n) is 7.50. The number of nitrogens with one attached hydrogen (secondary N) is 2. The van der Waals surface area contributed by atoms with Crippen molar-refractivity contribution in [3.05, 3.63) is 64.9 Å². The van der Waals surface area contributed by atoms with Crippen LogP contribution in [0.15, 0.2) is 63.5 Å². The van der Waals surface area contributed by atoms with Crippen molar-refractivity contribution in [2.45, 2.75) is 4.21 Å². The van der Waals surface area contributed by atoms with E-state index in [-0.39, 0.29) is 20.6 Å². The van der Waals surface area contributed by atoms with Crippen LogP contribution in [0.1, 0.15) is 10.4 Å². The van der Waals surface area contributed by atoms with Gasteiger partial charge in [0.25, 0.3) is 15.9 Å². The number of carbonyl (C=O) groups is 2. The summed E-state index contributed by atoms with van der Waals surface area (Å²) >= 11 is 2.20. The molecule has 2 aromatic heterocycles. The maximum absolute atomic E-state index is 12.5. The van der Waals surface area contributed by atoms with Gasteiger partial charge in [0, 0.05) is 16.6 Å². The average molecular weight is 576 g/mol. The highest BCUT2D eigenvalue weighted by atomic mass is 32.2. The number of carbonyl (C=O) groups excluding carboxylic acids is 2. The van der Waals surface area contributed by atoms with Gasteiger partial charge >= 0.3 is 5.97 Å². The largest absolute Gasteiger partial charge is 0.507 e. The van der Waals surface area contributed by atoms with Gasteiger partial charge in [-0.05, 0) is 47.8 Å². The predicted octanol–water partition coefficient (Wildman–Crippen LogP) is 4.19. The van der Waals surface area contributed by atoms with Gasteiger partial charge < -0.3 is 19.3 Å². The number of hydrogen-bond donors (Lipinski definition) is 3. The SMILES string of the molecule is COc1ccc(-c2csc(NC(=O)COC(=O)c3cc(NS(=O)(=O)c4cccs4)ccc3O)n2)cc1OC. The number of benzene rings is 2. The van der Waals surface area contributed by atoms with Crippen molar-refractivity contribution in [1.82, 2.24) is 4.98 Å². The van der Waals surface area contributed by atoms with Crippen LogP contribution < -0.4 is 19.5 Å². The number of sulfonamides is 1. The minimum atomic E-state index is -3.86. The highest BCUT2D eigenvalue weighted by Gasteiger charge is 2.20. The van der Waals surface area contributed by atoms with Crippen molar-refractivity contribution >= 4 is 55.4 Å². The van der Waals surface area contributed by atoms with Gasteiger partial charge in [0.05, 0.1) is 19.9 Å². The van der Waals surface area contributed by atoms with Crippen molar-refractivity contribution in [3.63, 3.8) is 0 Å². The zero-order valence-electron chi connectivity index (χ0n) is 20.0. The molecule has 0 saturated heterocycles. The van der Waals surface area contributed by atoms with Crippen molar-refractivity contribution < 1.29 is 37.3 Å². The van der Waals surface area contributed by atoms with E-state index in [1.165, 1.54) is 37.7 Å². The number of amides is 1. The normalized spacial score (nSPS) is 11.0. The predicted molar refractivity (Wildman–Crippen MR) is 143 cm³/mol. The molecule has 38 heavy (non-hydrogen) atoms. The number of phenolic OH excluding ortho intramolecular Hbond substituents is 1. The molecule has 2 aromatic carbocycles. The third kappa shape index (κ3) is 6.22. The fourth-order valence-corrected chi connectivity index (χ4v) is 5.99. The molecule has 0 aliphatic rings. The van der Waals surface area contributed by atoms with Crippen LogP contribution in [0.4, 0.5) is 10.8 Å². The van der Waals surface area contributed by atoms with Gasteiger partial charge in [0.2, 0.25) is 0 Å². The van der Waals surface area contributed by atoms with Crippen molar-refractivity contribution in [1.29, 1.82) is 0 Å². The molecule has 1 amide bonds. The molecule has 0 atom stereocenters. The number of rotatable bonds is 10. The van der Waals surface area contributed by atoms with Crippen LogP contribution in [0.2, 0.25) is 0 Å². The maximum atomic E-state index is 12.5. The Balaban J connectivity index is 1.37. The van der Waals surface area contributed by atoms with Crippen LogP contribution in [-0.4, -0.2) is 51.2 Å². The molecule has 11 nitrogen and oxygen atoms in total. The summed E-state index contributed by atoms with van der Waals surface area (Å²) in [6.45, 7) is -0.658. The zero-order valence-corrected chi connectivity index (χ0v) is 22.4. The van der Waals surface area contributed by atoms with Crippen molar-refractivity contribution in [2.24, 2.45) is 0 Å². The lowest BCUT2D eigenvalue weighted by atomic mass is 10.1. The molecule has 0 saturated carbocycles. The Bertz CT molecular complexity index is 1570. The van der Waals surface area contributed by atoms with Gasteiger partial charge in [-0.15, -0.1) is 22.7 Å². The molecule has 0 aliphatic carbocycles. The maximum Gasteiger partial charge on any atom is 0.342 e. The van der Waals surface area contributed by atoms with Gasteiger partial charge in [-0.25, -0.2) is 18.2 Å². The van der Waals surface area contributed by atoms with Crippen molar-refractivity contribution in [2.75, 3.05) is 30.9 Å². The van der Waals surface area contributed by atoms with E-state index in [1.807, 2.05) is 0 Å². The Hall–Kier alpha value is -4.14. The van der Waals surface area contributed by atoms with Crippen LogP contribution in [0.25, 0.3) is 11.3 Å². The lowest BCUT2D eigenvalue weighted by Gasteiger charge is -2.10. The first-order valence-corrected chi connectivity index (χ1v) is 14.0. The minimum Gasteiger partial charge on any atom is -0.507 e. The van der Waals surface area contributed by atoms with Gasteiger partial charge in [-0.2, -0.15) is 0 Å². The van der Waals surface area contributed by atoms with Crippen LogP contribution in [-0.2, 0) is 19.6 Å². The second-order valence-corrected chi connectivity index (χ2v) is 11.2. The smallest absolute Gasteiger partial charge is 0.342 e. The van der Waals surface area contributed by atoms with Gasteiger partial charge in [-0.3, -0.25) is 14.8 Å². The molecule has 0 fully saturated rings. The first kappa shape index (κ1) is 26.9. The molecule has 14 heteroatoms. The number of thiazole rings is 1. The number of nitrogens with zero attached hydrogens (tertiary/aromatic N) is 1. The van der Waals surface area contributed by atoms with E-state index in [2.05, 4.69) is 15.0 Å². The van der Waals surface area contributed by atoms with Crippen LogP contribution in [0.5, 0.6) is 17.2 Å². The number of aromatic nitrogens is 1. The molecule has 4 aromatic rings. The quantitative estimate of drug-likeness (QED) is 0.187. The number of hydrogen-bond acceptors (Lipinski definition) is 11. The Labute approximate surface area is 225 Å². The molecular weight excluding hydrogens is 554 g/mol. The average Bonchev–Trinajstić information content (AvgIpc) is 3.61. The Morgan fingerprint density at radius 2 is 1.82 bits per heavy atom. The zero-order chi connectivity index (χ0) is 27.3. The molecule has 0 radical (unpaired) electrons. The summed E-state index contributed by atoms with van der Waals surface area (Å²) in [5, 5.41) is 16.2. The molecule has 3 N–H and O–H groups in total. The molecule has 0 unspecified atom stereocenters. The third-order valence-electron chi connectivity index (χ3n) is 4.99. The molecular formula is C24H21N3O8S3. The molecule has 0 aliphatic heterocycles.